The smallest absolute Gasteiger partial charge is 0.230 e. The second-order valence-corrected chi connectivity index (χ2v) is 7.74. The van der Waals surface area contributed by atoms with E-state index in [0.29, 0.717) is 17.5 Å². The third-order valence-corrected chi connectivity index (χ3v) is 5.88. The van der Waals surface area contributed by atoms with Crippen LogP contribution < -0.4 is 16.0 Å². The van der Waals surface area contributed by atoms with Crippen LogP contribution in [0.2, 0.25) is 5.02 Å². The highest BCUT2D eigenvalue weighted by molar-refractivity contribution is 6.31. The SMILES string of the molecule is Cn1ncc2c1Nc1cc(Cl)ccc1N(C(=O)C1CCC(CN)CC1)C2. The van der Waals surface area contributed by atoms with Gasteiger partial charge in [0.1, 0.15) is 5.82 Å². The van der Waals surface area contributed by atoms with Crippen LogP contribution in [0.3, 0.4) is 0 Å². The first kappa shape index (κ1) is 17.4. The van der Waals surface area contributed by atoms with E-state index in [-0.39, 0.29) is 11.8 Å². The third kappa shape index (κ3) is 3.08. The monoisotopic (exact) mass is 373 g/mol. The number of nitrogens with two attached hydrogens (primary N) is 1. The van der Waals surface area contributed by atoms with Gasteiger partial charge in [0.15, 0.2) is 0 Å². The molecule has 26 heavy (non-hydrogen) atoms. The molecule has 0 atom stereocenters. The first-order valence-electron chi connectivity index (χ1n) is 9.15. The van der Waals surface area contributed by atoms with Crippen LogP contribution >= 0.6 is 11.6 Å². The number of hydrogen-bond acceptors (Lipinski definition) is 4. The lowest BCUT2D eigenvalue weighted by molar-refractivity contribution is -0.123. The van der Waals surface area contributed by atoms with Crippen molar-refractivity contribution < 1.29 is 4.79 Å². The Labute approximate surface area is 158 Å². The molecule has 0 unspecified atom stereocenters. The highest BCUT2D eigenvalue weighted by atomic mass is 35.5. The maximum absolute atomic E-state index is 13.4. The van der Waals surface area contributed by atoms with Crippen LogP contribution in [0.4, 0.5) is 17.2 Å². The van der Waals surface area contributed by atoms with E-state index < -0.39 is 0 Å². The van der Waals surface area contributed by atoms with Crippen LogP contribution in [0.5, 0.6) is 0 Å². The first-order chi connectivity index (χ1) is 12.6. The summed E-state index contributed by atoms with van der Waals surface area (Å²) in [5.74, 6) is 1.69. The molecule has 0 radical (unpaired) electrons. The lowest BCUT2D eigenvalue weighted by Gasteiger charge is -2.31. The van der Waals surface area contributed by atoms with Crippen LogP contribution in [0, 0.1) is 11.8 Å². The highest BCUT2D eigenvalue weighted by Gasteiger charge is 2.33. The standard InChI is InChI=1S/C19H24ClN5O/c1-24-18-14(10-22-24)11-25(17-7-6-15(20)8-16(17)23-18)19(26)13-4-2-12(9-21)3-5-13/h6-8,10,12-13,23H,2-5,9,11,21H2,1H3. The van der Waals surface area contributed by atoms with Crippen LogP contribution in [0.15, 0.2) is 24.4 Å². The Kier molecular flexibility index (Phi) is 4.63. The molecule has 1 fully saturated rings. The Balaban J connectivity index is 1.68. The number of rotatable bonds is 2. The van der Waals surface area contributed by atoms with Crippen LogP contribution in [0.1, 0.15) is 31.2 Å². The Bertz CT molecular complexity index is 825. The fraction of sp³-hybridized carbons (Fsp3) is 0.474. The van der Waals surface area contributed by atoms with Gasteiger partial charge in [-0.3, -0.25) is 9.48 Å². The van der Waals surface area contributed by atoms with E-state index in [1.807, 2.05) is 36.3 Å². The van der Waals surface area contributed by atoms with Crippen molar-refractivity contribution in [3.05, 3.63) is 35.0 Å². The molecule has 2 heterocycles. The normalized spacial score (nSPS) is 22.2. The van der Waals surface area contributed by atoms with Crippen LogP contribution in [-0.2, 0) is 18.4 Å². The number of anilines is 3. The number of carbonyl (C=O) groups excluding carboxylic acids is 1. The first-order valence-corrected chi connectivity index (χ1v) is 9.53. The van der Waals surface area contributed by atoms with Gasteiger partial charge >= 0.3 is 0 Å². The molecule has 4 rings (SSSR count). The molecule has 1 amide bonds. The average Bonchev–Trinajstić information content (AvgIpc) is 2.90. The molecule has 1 aliphatic heterocycles. The number of aromatic nitrogens is 2. The predicted molar refractivity (Wildman–Crippen MR) is 104 cm³/mol. The number of carbonyl (C=O) groups is 1. The van der Waals surface area contributed by atoms with Gasteiger partial charge in [0, 0.05) is 23.6 Å². The molecule has 1 saturated carbocycles. The Morgan fingerprint density at radius 3 is 2.85 bits per heavy atom. The molecular formula is C19H24ClN5O. The summed E-state index contributed by atoms with van der Waals surface area (Å²) in [5.41, 5.74) is 8.51. The summed E-state index contributed by atoms with van der Waals surface area (Å²) in [6.07, 6.45) is 5.71. The van der Waals surface area contributed by atoms with Gasteiger partial charge in [0.25, 0.3) is 0 Å². The van der Waals surface area contributed by atoms with Crippen molar-refractivity contribution in [2.24, 2.45) is 24.6 Å². The fourth-order valence-electron chi connectivity index (χ4n) is 4.05. The number of halogens is 1. The number of hydrogen-bond donors (Lipinski definition) is 2. The average molecular weight is 374 g/mol. The molecule has 1 aromatic carbocycles. The minimum Gasteiger partial charge on any atom is -0.338 e. The van der Waals surface area contributed by atoms with Gasteiger partial charge in [-0.05, 0) is 56.3 Å². The van der Waals surface area contributed by atoms with Crippen molar-refractivity contribution >= 4 is 34.7 Å². The van der Waals surface area contributed by atoms with E-state index >= 15 is 0 Å². The summed E-state index contributed by atoms with van der Waals surface area (Å²) < 4.78 is 1.79. The Hall–Kier alpha value is -2.05. The molecule has 2 aromatic rings. The maximum atomic E-state index is 13.4. The van der Waals surface area contributed by atoms with Crippen molar-refractivity contribution in [1.82, 2.24) is 9.78 Å². The van der Waals surface area contributed by atoms with Crippen molar-refractivity contribution in [2.45, 2.75) is 32.2 Å². The van der Waals surface area contributed by atoms with Crippen molar-refractivity contribution in [1.29, 1.82) is 0 Å². The molecule has 0 bridgehead atoms. The van der Waals surface area contributed by atoms with Crippen molar-refractivity contribution in [3.8, 4) is 0 Å². The lowest BCUT2D eigenvalue weighted by atomic mass is 9.81. The molecule has 0 spiro atoms. The number of benzene rings is 1. The molecule has 2 aliphatic rings. The molecule has 3 N–H and O–H groups in total. The highest BCUT2D eigenvalue weighted by Crippen LogP contribution is 2.39. The second-order valence-electron chi connectivity index (χ2n) is 7.31. The lowest BCUT2D eigenvalue weighted by Crippen LogP contribution is -2.37. The number of nitrogens with one attached hydrogen (secondary N) is 1. The van der Waals surface area contributed by atoms with Gasteiger partial charge in [0.2, 0.25) is 5.91 Å². The Morgan fingerprint density at radius 2 is 2.12 bits per heavy atom. The van der Waals surface area contributed by atoms with Crippen molar-refractivity contribution in [2.75, 3.05) is 16.8 Å². The van der Waals surface area contributed by atoms with E-state index in [2.05, 4.69) is 10.4 Å². The quantitative estimate of drug-likeness (QED) is 0.845. The minimum absolute atomic E-state index is 0.0551. The predicted octanol–water partition coefficient (Wildman–Crippen LogP) is 3.43. The summed E-state index contributed by atoms with van der Waals surface area (Å²) in [5, 5.41) is 8.37. The van der Waals surface area contributed by atoms with Gasteiger partial charge in [-0.1, -0.05) is 11.6 Å². The second kappa shape index (κ2) is 6.93. The summed E-state index contributed by atoms with van der Waals surface area (Å²) in [4.78, 5) is 15.3. The number of nitrogens with zero attached hydrogens (tertiary/aromatic N) is 3. The molecule has 6 nitrogen and oxygen atoms in total. The van der Waals surface area contributed by atoms with Crippen LogP contribution in [0.25, 0.3) is 0 Å². The third-order valence-electron chi connectivity index (χ3n) is 5.64. The summed E-state index contributed by atoms with van der Waals surface area (Å²) >= 11 is 6.20. The van der Waals surface area contributed by atoms with Gasteiger partial charge in [-0.2, -0.15) is 5.10 Å². The molecule has 1 aromatic heterocycles. The van der Waals surface area contributed by atoms with Crippen LogP contribution in [-0.4, -0.2) is 22.2 Å². The molecule has 7 heteroatoms. The number of fused-ring (bicyclic) bond motifs is 2. The molecular weight excluding hydrogens is 350 g/mol. The Morgan fingerprint density at radius 1 is 1.35 bits per heavy atom. The zero-order valence-corrected chi connectivity index (χ0v) is 15.7. The molecule has 1 aliphatic carbocycles. The summed E-state index contributed by atoms with van der Waals surface area (Å²) in [6.45, 7) is 1.23. The van der Waals surface area contributed by atoms with E-state index in [1.165, 1.54) is 0 Å². The maximum Gasteiger partial charge on any atom is 0.230 e. The van der Waals surface area contributed by atoms with Crippen molar-refractivity contribution in [3.63, 3.8) is 0 Å². The van der Waals surface area contributed by atoms with Gasteiger partial charge < -0.3 is 16.0 Å². The summed E-state index contributed by atoms with van der Waals surface area (Å²) in [7, 11) is 1.89. The number of aryl methyl sites for hydroxylation is 1. The van der Waals surface area contributed by atoms with Gasteiger partial charge in [0.05, 0.1) is 24.1 Å². The number of amides is 1. The van der Waals surface area contributed by atoms with E-state index in [0.717, 1.165) is 55.0 Å². The summed E-state index contributed by atoms with van der Waals surface area (Å²) in [6, 6.07) is 5.62. The topological polar surface area (TPSA) is 76.2 Å². The fourth-order valence-corrected chi connectivity index (χ4v) is 4.22. The largest absolute Gasteiger partial charge is 0.338 e. The zero-order chi connectivity index (χ0) is 18.3. The van der Waals surface area contributed by atoms with E-state index in [1.54, 1.807) is 4.68 Å². The van der Waals surface area contributed by atoms with Gasteiger partial charge in [-0.15, -0.1) is 0 Å². The van der Waals surface area contributed by atoms with E-state index in [9.17, 15) is 4.79 Å². The minimum atomic E-state index is 0.0551. The van der Waals surface area contributed by atoms with Gasteiger partial charge in [-0.25, -0.2) is 0 Å². The van der Waals surface area contributed by atoms with E-state index in [4.69, 9.17) is 17.3 Å². The molecule has 0 saturated heterocycles. The molecule has 138 valence electrons. The zero-order valence-electron chi connectivity index (χ0n) is 14.9.